The summed E-state index contributed by atoms with van der Waals surface area (Å²) >= 11 is 0. The van der Waals surface area contributed by atoms with Crippen LogP contribution in [0.5, 0.6) is 11.5 Å². The van der Waals surface area contributed by atoms with E-state index in [9.17, 15) is 0 Å². The van der Waals surface area contributed by atoms with Crippen LogP contribution in [0.4, 0.5) is 0 Å². The van der Waals surface area contributed by atoms with Crippen molar-refractivity contribution in [2.75, 3.05) is 0 Å². The van der Waals surface area contributed by atoms with Gasteiger partial charge >= 0.3 is 0 Å². The number of fused-ring (bicyclic) bond motifs is 1. The number of nitrogens with two attached hydrogens (primary N) is 1. The number of rotatable bonds is 3. The van der Waals surface area contributed by atoms with Crippen LogP contribution in [-0.2, 0) is 0 Å². The van der Waals surface area contributed by atoms with E-state index >= 15 is 0 Å². The summed E-state index contributed by atoms with van der Waals surface area (Å²) in [6, 6.07) is 12.7. The topological polar surface area (TPSA) is 87.8 Å². The largest absolute Gasteiger partial charge is 0.457 e. The summed E-state index contributed by atoms with van der Waals surface area (Å²) in [6.45, 7) is 0. The number of imidazole rings is 1. The number of H-pyrrole nitrogens is 1. The molecule has 0 unspecified atom stereocenters. The minimum Gasteiger partial charge on any atom is -0.457 e. The average molecular weight is 252 g/mol. The molecule has 0 bridgehead atoms. The van der Waals surface area contributed by atoms with E-state index in [0.717, 1.165) is 11.0 Å². The summed E-state index contributed by atoms with van der Waals surface area (Å²) in [6.07, 6.45) is 1.64. The van der Waals surface area contributed by atoms with Crippen LogP contribution in [0.15, 0.2) is 48.8 Å². The number of aromatic amines is 1. The number of nitrogens with zero attached hydrogens (tertiary/aromatic N) is 1. The number of nitrogens with one attached hydrogen (secondary N) is 2. The van der Waals surface area contributed by atoms with Gasteiger partial charge in [0.15, 0.2) is 0 Å². The van der Waals surface area contributed by atoms with E-state index in [1.165, 1.54) is 0 Å². The summed E-state index contributed by atoms with van der Waals surface area (Å²) in [7, 11) is 0. The molecule has 1 heterocycles. The quantitative estimate of drug-likeness (QED) is 0.494. The Balaban J connectivity index is 1.91. The highest BCUT2D eigenvalue weighted by Crippen LogP contribution is 2.24. The second-order valence-electron chi connectivity index (χ2n) is 4.13. The molecule has 5 heteroatoms. The lowest BCUT2D eigenvalue weighted by atomic mass is 10.2. The van der Waals surface area contributed by atoms with Crippen molar-refractivity contribution in [3.05, 3.63) is 54.4 Å². The number of aromatic nitrogens is 2. The van der Waals surface area contributed by atoms with Crippen LogP contribution in [0.2, 0.25) is 0 Å². The Hall–Kier alpha value is -2.82. The summed E-state index contributed by atoms with van der Waals surface area (Å²) in [5, 5.41) is 7.41. The molecule has 2 aromatic carbocycles. The lowest BCUT2D eigenvalue weighted by molar-refractivity contribution is 0.483. The molecule has 0 atom stereocenters. The van der Waals surface area contributed by atoms with Crippen molar-refractivity contribution in [2.24, 2.45) is 5.73 Å². The van der Waals surface area contributed by atoms with Gasteiger partial charge in [0.2, 0.25) is 0 Å². The van der Waals surface area contributed by atoms with Gasteiger partial charge in [0.25, 0.3) is 0 Å². The monoisotopic (exact) mass is 252 g/mol. The highest BCUT2D eigenvalue weighted by Gasteiger charge is 2.03. The third-order valence-corrected chi connectivity index (χ3v) is 2.77. The van der Waals surface area contributed by atoms with Crippen LogP contribution in [0.3, 0.4) is 0 Å². The molecule has 0 aliphatic rings. The van der Waals surface area contributed by atoms with Gasteiger partial charge in [0.1, 0.15) is 17.3 Å². The normalized spacial score (nSPS) is 10.5. The van der Waals surface area contributed by atoms with Crippen LogP contribution < -0.4 is 10.5 Å². The Bertz CT molecular complexity index is 748. The molecular formula is C14H12N4O. The number of nitrogen functional groups attached to an aromatic ring is 1. The fraction of sp³-hybridized carbons (Fsp3) is 0. The highest BCUT2D eigenvalue weighted by atomic mass is 16.5. The Kier molecular flexibility index (Phi) is 2.64. The molecule has 0 radical (unpaired) electrons. The average Bonchev–Trinajstić information content (AvgIpc) is 2.86. The molecular weight excluding hydrogens is 240 g/mol. The van der Waals surface area contributed by atoms with Crippen molar-refractivity contribution in [3.8, 4) is 11.5 Å². The van der Waals surface area contributed by atoms with E-state index < -0.39 is 0 Å². The summed E-state index contributed by atoms with van der Waals surface area (Å²) in [4.78, 5) is 7.18. The summed E-state index contributed by atoms with van der Waals surface area (Å²) < 4.78 is 5.75. The van der Waals surface area contributed by atoms with Crippen molar-refractivity contribution >= 4 is 16.9 Å². The number of hydrogen-bond acceptors (Lipinski definition) is 3. The Morgan fingerprint density at radius 2 is 2.00 bits per heavy atom. The molecule has 0 saturated heterocycles. The van der Waals surface area contributed by atoms with E-state index in [0.29, 0.717) is 17.1 Å². The van der Waals surface area contributed by atoms with Crippen molar-refractivity contribution in [2.45, 2.75) is 0 Å². The van der Waals surface area contributed by atoms with Crippen molar-refractivity contribution in [3.63, 3.8) is 0 Å². The lowest BCUT2D eigenvalue weighted by Gasteiger charge is -2.07. The highest BCUT2D eigenvalue weighted by molar-refractivity contribution is 5.95. The number of hydrogen-bond donors (Lipinski definition) is 3. The minimum absolute atomic E-state index is 0.0227. The van der Waals surface area contributed by atoms with E-state index in [1.54, 1.807) is 24.5 Å². The first kappa shape index (κ1) is 11.3. The first-order valence-electron chi connectivity index (χ1n) is 5.78. The predicted molar refractivity (Wildman–Crippen MR) is 73.6 cm³/mol. The number of ether oxygens (including phenoxy) is 1. The van der Waals surface area contributed by atoms with E-state index in [1.807, 2.05) is 24.3 Å². The Morgan fingerprint density at radius 3 is 2.84 bits per heavy atom. The molecule has 4 N–H and O–H groups in total. The van der Waals surface area contributed by atoms with Crippen molar-refractivity contribution in [1.29, 1.82) is 5.41 Å². The minimum atomic E-state index is 0.0227. The van der Waals surface area contributed by atoms with E-state index in [4.69, 9.17) is 15.9 Å². The van der Waals surface area contributed by atoms with Gasteiger partial charge in [-0.05, 0) is 24.3 Å². The maximum Gasteiger partial charge on any atom is 0.129 e. The molecule has 94 valence electrons. The molecule has 0 aliphatic heterocycles. The van der Waals surface area contributed by atoms with Gasteiger partial charge in [-0.2, -0.15) is 0 Å². The zero-order chi connectivity index (χ0) is 13.2. The molecule has 19 heavy (non-hydrogen) atoms. The maximum absolute atomic E-state index is 7.41. The van der Waals surface area contributed by atoms with Gasteiger partial charge in [0, 0.05) is 11.6 Å². The van der Waals surface area contributed by atoms with Gasteiger partial charge in [-0.15, -0.1) is 0 Å². The molecule has 3 rings (SSSR count). The van der Waals surface area contributed by atoms with Gasteiger partial charge in [-0.25, -0.2) is 4.98 Å². The Morgan fingerprint density at radius 1 is 1.16 bits per heavy atom. The molecule has 1 aromatic heterocycles. The summed E-state index contributed by atoms with van der Waals surface area (Å²) in [5.74, 6) is 1.37. The summed E-state index contributed by atoms with van der Waals surface area (Å²) in [5.41, 5.74) is 7.90. The maximum atomic E-state index is 7.41. The molecule has 0 fully saturated rings. The molecule has 0 saturated carbocycles. The van der Waals surface area contributed by atoms with Crippen LogP contribution >= 0.6 is 0 Å². The van der Waals surface area contributed by atoms with Crippen LogP contribution in [-0.4, -0.2) is 15.8 Å². The van der Waals surface area contributed by atoms with Crippen molar-refractivity contribution in [1.82, 2.24) is 9.97 Å². The number of amidine groups is 1. The smallest absolute Gasteiger partial charge is 0.129 e. The first-order chi connectivity index (χ1) is 9.22. The third-order valence-electron chi connectivity index (χ3n) is 2.77. The van der Waals surface area contributed by atoms with Gasteiger partial charge in [-0.1, -0.05) is 12.1 Å². The SMILES string of the molecule is N=C(N)c1cccc(Oc2ccc3nc[nH]c3c2)c1. The predicted octanol–water partition coefficient (Wildman–Crippen LogP) is 2.64. The fourth-order valence-electron chi connectivity index (χ4n) is 1.84. The molecule has 5 nitrogen and oxygen atoms in total. The lowest BCUT2D eigenvalue weighted by Crippen LogP contribution is -2.10. The second-order valence-corrected chi connectivity index (χ2v) is 4.13. The molecule has 3 aromatic rings. The van der Waals surface area contributed by atoms with Crippen LogP contribution in [0.25, 0.3) is 11.0 Å². The molecule has 0 aliphatic carbocycles. The van der Waals surface area contributed by atoms with Crippen LogP contribution in [0, 0.1) is 5.41 Å². The zero-order valence-corrected chi connectivity index (χ0v) is 10.1. The Labute approximate surface area is 109 Å². The van der Waals surface area contributed by atoms with Gasteiger partial charge in [-0.3, -0.25) is 5.41 Å². The standard InChI is InChI=1S/C14H12N4O/c15-14(16)9-2-1-3-10(6-9)19-11-4-5-12-13(7-11)18-8-17-12/h1-8H,(H3,15,16)(H,17,18). The van der Waals surface area contributed by atoms with Gasteiger partial charge < -0.3 is 15.5 Å². The number of benzene rings is 2. The zero-order valence-electron chi connectivity index (χ0n) is 10.1. The van der Waals surface area contributed by atoms with Gasteiger partial charge in [0.05, 0.1) is 17.4 Å². The third kappa shape index (κ3) is 2.26. The molecule has 0 amide bonds. The first-order valence-corrected chi connectivity index (χ1v) is 5.78. The van der Waals surface area contributed by atoms with Crippen molar-refractivity contribution < 1.29 is 4.74 Å². The fourth-order valence-corrected chi connectivity index (χ4v) is 1.84. The van der Waals surface area contributed by atoms with E-state index in [-0.39, 0.29) is 5.84 Å². The second kappa shape index (κ2) is 4.45. The van der Waals surface area contributed by atoms with E-state index in [2.05, 4.69) is 9.97 Å². The van der Waals surface area contributed by atoms with Crippen LogP contribution in [0.1, 0.15) is 5.56 Å². The molecule has 0 spiro atoms.